The van der Waals surface area contributed by atoms with Crippen LogP contribution < -0.4 is 9.64 Å². The van der Waals surface area contributed by atoms with Gasteiger partial charge in [-0.1, -0.05) is 23.7 Å². The number of ether oxygens (including phenoxy) is 1. The number of halogens is 4. The third-order valence-corrected chi connectivity index (χ3v) is 3.71. The number of nitrogens with zero attached hydrogens (tertiary/aromatic N) is 2. The first-order chi connectivity index (χ1) is 11.4. The van der Waals surface area contributed by atoms with Crippen LogP contribution in [0.2, 0.25) is 5.15 Å². The van der Waals surface area contributed by atoms with E-state index >= 15 is 0 Å². The minimum absolute atomic E-state index is 0.129. The van der Waals surface area contributed by atoms with E-state index in [0.717, 1.165) is 12.8 Å². The van der Waals surface area contributed by atoms with Crippen LogP contribution in [-0.2, 0) is 4.79 Å². The third kappa shape index (κ3) is 3.97. The molecule has 1 saturated carbocycles. The zero-order valence-corrected chi connectivity index (χ0v) is 13.0. The molecule has 1 fully saturated rings. The van der Waals surface area contributed by atoms with E-state index in [1.807, 2.05) is 0 Å². The molecule has 0 aliphatic heterocycles. The number of rotatable bonds is 5. The Morgan fingerprint density at radius 1 is 1.17 bits per heavy atom. The van der Waals surface area contributed by atoms with Crippen LogP contribution in [0.3, 0.4) is 0 Å². The van der Waals surface area contributed by atoms with Crippen molar-refractivity contribution in [2.24, 2.45) is 0 Å². The lowest BCUT2D eigenvalue weighted by Gasteiger charge is -2.17. The van der Waals surface area contributed by atoms with Crippen LogP contribution >= 0.6 is 11.6 Å². The number of carbonyl (C=O) groups excluding carboxylic acids is 1. The maximum absolute atomic E-state index is 12.2. The molecule has 4 nitrogen and oxygen atoms in total. The van der Waals surface area contributed by atoms with Gasteiger partial charge < -0.3 is 4.74 Å². The molecule has 1 aliphatic carbocycles. The van der Waals surface area contributed by atoms with Gasteiger partial charge in [-0.3, -0.25) is 9.69 Å². The highest BCUT2D eigenvalue weighted by Crippen LogP contribution is 2.33. The van der Waals surface area contributed by atoms with Crippen molar-refractivity contribution in [2.75, 3.05) is 4.90 Å². The second kappa shape index (κ2) is 6.32. The van der Waals surface area contributed by atoms with Crippen molar-refractivity contribution in [3.8, 4) is 16.9 Å². The Morgan fingerprint density at radius 2 is 1.83 bits per heavy atom. The van der Waals surface area contributed by atoms with E-state index < -0.39 is 6.36 Å². The maximum Gasteiger partial charge on any atom is 0.573 e. The van der Waals surface area contributed by atoms with E-state index in [1.54, 1.807) is 12.1 Å². The standard InChI is InChI=1S/C16H12ClF3N2O2/c17-14-7-11(8-15(21-14)22(9-23)12-3-4-12)10-1-5-13(6-2-10)24-16(18,19)20/h1-2,5-9,12H,3-4H2. The summed E-state index contributed by atoms with van der Waals surface area (Å²) in [5, 5.41) is 0.200. The summed E-state index contributed by atoms with van der Waals surface area (Å²) in [5.41, 5.74) is 1.28. The van der Waals surface area contributed by atoms with Crippen molar-refractivity contribution in [2.45, 2.75) is 25.2 Å². The van der Waals surface area contributed by atoms with Gasteiger partial charge in [0.05, 0.1) is 0 Å². The average molecular weight is 357 g/mol. The third-order valence-electron chi connectivity index (χ3n) is 3.52. The normalized spacial score (nSPS) is 14.3. The molecule has 0 N–H and O–H groups in total. The number of amides is 1. The second-order valence-corrected chi connectivity index (χ2v) is 5.74. The second-order valence-electron chi connectivity index (χ2n) is 5.35. The van der Waals surface area contributed by atoms with Crippen molar-refractivity contribution < 1.29 is 22.7 Å². The molecule has 0 saturated heterocycles. The molecule has 2 aromatic rings. The van der Waals surface area contributed by atoms with Crippen molar-refractivity contribution in [1.82, 2.24) is 4.98 Å². The molecule has 1 aliphatic rings. The van der Waals surface area contributed by atoms with Gasteiger partial charge in [0.15, 0.2) is 0 Å². The highest BCUT2D eigenvalue weighted by Gasteiger charge is 2.31. The Morgan fingerprint density at radius 3 is 2.38 bits per heavy atom. The van der Waals surface area contributed by atoms with Crippen molar-refractivity contribution in [3.05, 3.63) is 41.6 Å². The van der Waals surface area contributed by atoms with Crippen LogP contribution in [0.1, 0.15) is 12.8 Å². The molecule has 1 amide bonds. The van der Waals surface area contributed by atoms with Gasteiger partial charge in [-0.05, 0) is 48.2 Å². The first-order valence-corrected chi connectivity index (χ1v) is 7.51. The molecule has 24 heavy (non-hydrogen) atoms. The van der Waals surface area contributed by atoms with Crippen LogP contribution in [0.4, 0.5) is 19.0 Å². The van der Waals surface area contributed by atoms with Crippen molar-refractivity contribution in [1.29, 1.82) is 0 Å². The predicted octanol–water partition coefficient (Wildman–Crippen LogP) is 4.43. The van der Waals surface area contributed by atoms with E-state index in [2.05, 4.69) is 9.72 Å². The fraction of sp³-hybridized carbons (Fsp3) is 0.250. The van der Waals surface area contributed by atoms with Crippen LogP contribution in [0, 0.1) is 0 Å². The Bertz CT molecular complexity index is 746. The van der Waals surface area contributed by atoms with Gasteiger partial charge in [0.2, 0.25) is 6.41 Å². The lowest BCUT2D eigenvalue weighted by Crippen LogP contribution is -2.24. The molecule has 1 aromatic carbocycles. The van der Waals surface area contributed by atoms with Crippen LogP contribution in [0.15, 0.2) is 36.4 Å². The minimum Gasteiger partial charge on any atom is -0.406 e. The van der Waals surface area contributed by atoms with Crippen molar-refractivity contribution >= 4 is 23.8 Å². The molecule has 126 valence electrons. The van der Waals surface area contributed by atoms with Crippen LogP contribution in [-0.4, -0.2) is 23.8 Å². The Balaban J connectivity index is 1.88. The predicted molar refractivity (Wildman–Crippen MR) is 82.9 cm³/mol. The van der Waals surface area contributed by atoms with Gasteiger partial charge in [0.25, 0.3) is 0 Å². The number of hydrogen-bond acceptors (Lipinski definition) is 3. The Labute approximate surface area is 140 Å². The topological polar surface area (TPSA) is 42.4 Å². The van der Waals surface area contributed by atoms with E-state index in [1.165, 1.54) is 29.2 Å². The summed E-state index contributed by atoms with van der Waals surface area (Å²) in [6, 6.07) is 8.80. The number of anilines is 1. The lowest BCUT2D eigenvalue weighted by atomic mass is 10.1. The Kier molecular flexibility index (Phi) is 4.36. The van der Waals surface area contributed by atoms with Crippen LogP contribution in [0.25, 0.3) is 11.1 Å². The lowest BCUT2D eigenvalue weighted by molar-refractivity contribution is -0.274. The van der Waals surface area contributed by atoms with Gasteiger partial charge in [-0.25, -0.2) is 4.98 Å². The van der Waals surface area contributed by atoms with Gasteiger partial charge in [-0.2, -0.15) is 0 Å². The van der Waals surface area contributed by atoms with E-state index in [-0.39, 0.29) is 16.9 Å². The largest absolute Gasteiger partial charge is 0.573 e. The SMILES string of the molecule is O=CN(c1cc(-c2ccc(OC(F)(F)F)cc2)cc(Cl)n1)C1CC1. The van der Waals surface area contributed by atoms with Crippen molar-refractivity contribution in [3.63, 3.8) is 0 Å². The summed E-state index contributed by atoms with van der Waals surface area (Å²) in [5.74, 6) is 0.116. The molecular formula is C16H12ClF3N2O2. The summed E-state index contributed by atoms with van der Waals surface area (Å²) in [7, 11) is 0. The number of alkyl halides is 3. The molecule has 0 unspecified atom stereocenters. The highest BCUT2D eigenvalue weighted by molar-refractivity contribution is 6.29. The first-order valence-electron chi connectivity index (χ1n) is 7.13. The number of hydrogen-bond donors (Lipinski definition) is 0. The monoisotopic (exact) mass is 356 g/mol. The summed E-state index contributed by atoms with van der Waals surface area (Å²) >= 11 is 6.02. The van der Waals surface area contributed by atoms with Gasteiger partial charge in [0.1, 0.15) is 16.7 Å². The molecule has 0 bridgehead atoms. The molecule has 1 aromatic heterocycles. The minimum atomic E-state index is -4.73. The molecule has 8 heteroatoms. The average Bonchev–Trinajstić information content (AvgIpc) is 3.31. The van der Waals surface area contributed by atoms with Gasteiger partial charge in [0, 0.05) is 6.04 Å². The van der Waals surface area contributed by atoms with Gasteiger partial charge in [-0.15, -0.1) is 13.2 Å². The number of benzene rings is 1. The van der Waals surface area contributed by atoms with E-state index in [0.29, 0.717) is 23.4 Å². The fourth-order valence-corrected chi connectivity index (χ4v) is 2.52. The van der Waals surface area contributed by atoms with E-state index in [9.17, 15) is 18.0 Å². The highest BCUT2D eigenvalue weighted by atomic mass is 35.5. The summed E-state index contributed by atoms with van der Waals surface area (Å²) in [6.07, 6.45) is -2.21. The summed E-state index contributed by atoms with van der Waals surface area (Å²) < 4.78 is 40.4. The number of carbonyl (C=O) groups is 1. The number of aromatic nitrogens is 1. The molecule has 3 rings (SSSR count). The van der Waals surface area contributed by atoms with E-state index in [4.69, 9.17) is 11.6 Å². The quantitative estimate of drug-likeness (QED) is 0.588. The van der Waals surface area contributed by atoms with Crippen LogP contribution in [0.5, 0.6) is 5.75 Å². The zero-order chi connectivity index (χ0) is 17.3. The Hall–Kier alpha value is -2.28. The molecule has 0 spiro atoms. The smallest absolute Gasteiger partial charge is 0.406 e. The molecule has 0 radical (unpaired) electrons. The summed E-state index contributed by atoms with van der Waals surface area (Å²) in [6.45, 7) is 0. The first kappa shape index (κ1) is 16.6. The molecule has 0 atom stereocenters. The molecule has 1 heterocycles. The maximum atomic E-state index is 12.2. The zero-order valence-electron chi connectivity index (χ0n) is 12.3. The fourth-order valence-electron chi connectivity index (χ4n) is 2.31. The molecular weight excluding hydrogens is 345 g/mol. The summed E-state index contributed by atoms with van der Waals surface area (Å²) in [4.78, 5) is 16.9. The number of pyridine rings is 1. The van der Waals surface area contributed by atoms with Gasteiger partial charge >= 0.3 is 6.36 Å².